The van der Waals surface area contributed by atoms with Gasteiger partial charge in [-0.25, -0.2) is 0 Å². The summed E-state index contributed by atoms with van der Waals surface area (Å²) in [4.78, 5) is 11.8. The quantitative estimate of drug-likeness (QED) is 0.909. The lowest BCUT2D eigenvalue weighted by molar-refractivity contribution is -0.143. The molecule has 22 heavy (non-hydrogen) atoms. The van der Waals surface area contributed by atoms with Gasteiger partial charge in [-0.1, -0.05) is 54.1 Å². The van der Waals surface area contributed by atoms with Crippen LogP contribution in [0.4, 0.5) is 13.2 Å². The minimum atomic E-state index is -4.86. The van der Waals surface area contributed by atoms with Crippen molar-refractivity contribution in [2.24, 2.45) is 5.73 Å². The van der Waals surface area contributed by atoms with Gasteiger partial charge < -0.3 is 10.8 Å². The predicted molar refractivity (Wildman–Crippen MR) is 75.1 cm³/mol. The average Bonchev–Trinajstić information content (AvgIpc) is 2.45. The van der Waals surface area contributed by atoms with E-state index in [2.05, 4.69) is 0 Å². The average molecular weight is 330 g/mol. The molecule has 7 heteroatoms. The molecule has 0 saturated heterocycles. The first-order valence-corrected chi connectivity index (χ1v) is 6.51. The Morgan fingerprint density at radius 1 is 1.05 bits per heavy atom. The Hall–Kier alpha value is -2.05. The fourth-order valence-corrected chi connectivity index (χ4v) is 2.51. The Bertz CT molecular complexity index is 704. The topological polar surface area (TPSA) is 63.3 Å². The maximum atomic E-state index is 13.3. The van der Waals surface area contributed by atoms with Gasteiger partial charge in [0, 0.05) is 5.56 Å². The van der Waals surface area contributed by atoms with Crippen molar-refractivity contribution >= 4 is 17.5 Å². The summed E-state index contributed by atoms with van der Waals surface area (Å²) in [5, 5.41) is 10.0. The molecule has 0 radical (unpaired) electrons. The first kappa shape index (κ1) is 16.3. The van der Waals surface area contributed by atoms with E-state index >= 15 is 0 Å². The molecule has 3 N–H and O–H groups in total. The summed E-state index contributed by atoms with van der Waals surface area (Å²) in [7, 11) is 0. The Morgan fingerprint density at radius 2 is 1.64 bits per heavy atom. The molecule has 0 aliphatic heterocycles. The van der Waals surface area contributed by atoms with Crippen LogP contribution in [0.15, 0.2) is 48.5 Å². The second-order valence-electron chi connectivity index (χ2n) is 4.60. The van der Waals surface area contributed by atoms with Crippen molar-refractivity contribution in [3.05, 3.63) is 70.2 Å². The maximum Gasteiger partial charge on any atom is 0.418 e. The predicted octanol–water partition coefficient (Wildman–Crippen LogP) is 3.08. The Morgan fingerprint density at radius 3 is 2.14 bits per heavy atom. The van der Waals surface area contributed by atoms with Crippen molar-refractivity contribution in [3.63, 3.8) is 0 Å². The monoisotopic (exact) mass is 329 g/mol. The minimum Gasteiger partial charge on any atom is -0.372 e. The fraction of sp³-hybridized carbons (Fsp3) is 0.133. The normalized spacial score (nSPS) is 14.4. The molecule has 0 aliphatic carbocycles. The van der Waals surface area contributed by atoms with Gasteiger partial charge in [0.25, 0.3) is 5.91 Å². The van der Waals surface area contributed by atoms with E-state index in [1.165, 1.54) is 30.3 Å². The van der Waals surface area contributed by atoms with Crippen molar-refractivity contribution in [1.29, 1.82) is 0 Å². The number of halogens is 4. The van der Waals surface area contributed by atoms with E-state index in [1.54, 1.807) is 6.07 Å². The molecule has 0 aromatic heterocycles. The van der Waals surface area contributed by atoms with Crippen molar-refractivity contribution in [2.45, 2.75) is 11.8 Å². The standard InChI is InChI=1S/C15H11ClF3NO2/c16-11-8-4-7-10(12(11)15(17,18)19)14(22,13(20)21)9-5-2-1-3-6-9/h1-8,22H,(H2,20,21). The van der Waals surface area contributed by atoms with Gasteiger partial charge in [-0.2, -0.15) is 13.2 Å². The number of nitrogens with two attached hydrogens (primary N) is 1. The minimum absolute atomic E-state index is 0.0738. The molecule has 3 nitrogen and oxygen atoms in total. The molecule has 2 aromatic rings. The Labute approximate surface area is 129 Å². The zero-order chi connectivity index (χ0) is 16.5. The maximum absolute atomic E-state index is 13.3. The van der Waals surface area contributed by atoms with E-state index in [9.17, 15) is 23.1 Å². The largest absolute Gasteiger partial charge is 0.418 e. The number of rotatable bonds is 3. The highest BCUT2D eigenvalue weighted by Crippen LogP contribution is 2.43. The van der Waals surface area contributed by atoms with Crippen LogP contribution in [-0.2, 0) is 16.6 Å². The number of carbonyl (C=O) groups excluding carboxylic acids is 1. The van der Waals surface area contributed by atoms with Crippen molar-refractivity contribution in [3.8, 4) is 0 Å². The summed E-state index contributed by atoms with van der Waals surface area (Å²) >= 11 is 5.63. The summed E-state index contributed by atoms with van der Waals surface area (Å²) in [6.07, 6.45) is -4.86. The number of aliphatic hydroxyl groups is 1. The number of alkyl halides is 3. The first-order valence-electron chi connectivity index (χ1n) is 6.13. The number of carbonyl (C=O) groups is 1. The van der Waals surface area contributed by atoms with Crippen LogP contribution in [-0.4, -0.2) is 11.0 Å². The number of hydrogen-bond donors (Lipinski definition) is 2. The summed E-state index contributed by atoms with van der Waals surface area (Å²) in [5.41, 5.74) is 0.490. The highest BCUT2D eigenvalue weighted by atomic mass is 35.5. The van der Waals surface area contributed by atoms with Crippen molar-refractivity contribution in [2.75, 3.05) is 0 Å². The van der Waals surface area contributed by atoms with Gasteiger partial charge >= 0.3 is 6.18 Å². The molecule has 1 amide bonds. The molecule has 116 valence electrons. The van der Waals surface area contributed by atoms with Crippen LogP contribution in [0.3, 0.4) is 0 Å². The SMILES string of the molecule is NC(=O)C(O)(c1ccccc1)c1cccc(Cl)c1C(F)(F)F. The van der Waals surface area contributed by atoms with E-state index in [-0.39, 0.29) is 5.56 Å². The van der Waals surface area contributed by atoms with Crippen LogP contribution in [0.5, 0.6) is 0 Å². The van der Waals surface area contributed by atoms with Crippen LogP contribution < -0.4 is 5.73 Å². The second kappa shape index (κ2) is 5.62. The van der Waals surface area contributed by atoms with Gasteiger partial charge in [0.15, 0.2) is 5.60 Å². The second-order valence-corrected chi connectivity index (χ2v) is 5.01. The molecule has 2 aromatic carbocycles. The zero-order valence-electron chi connectivity index (χ0n) is 11.1. The van der Waals surface area contributed by atoms with E-state index in [0.29, 0.717) is 0 Å². The summed E-state index contributed by atoms with van der Waals surface area (Å²) in [6.45, 7) is 0. The molecule has 1 atom stereocenters. The molecule has 0 aliphatic rings. The molecular formula is C15H11ClF3NO2. The number of amides is 1. The molecule has 0 bridgehead atoms. The van der Waals surface area contributed by atoms with Crippen LogP contribution in [0.25, 0.3) is 0 Å². The van der Waals surface area contributed by atoms with E-state index in [4.69, 9.17) is 17.3 Å². The number of hydrogen-bond acceptors (Lipinski definition) is 2. The van der Waals surface area contributed by atoms with Crippen LogP contribution in [0, 0.1) is 0 Å². The van der Waals surface area contributed by atoms with E-state index in [1.807, 2.05) is 0 Å². The summed E-state index contributed by atoms with van der Waals surface area (Å²) in [5.74, 6) is -1.33. The Balaban J connectivity index is 2.82. The van der Waals surface area contributed by atoms with Crippen LogP contribution >= 0.6 is 11.6 Å². The summed E-state index contributed by atoms with van der Waals surface area (Å²) < 4.78 is 39.8. The lowest BCUT2D eigenvalue weighted by Gasteiger charge is -2.29. The van der Waals surface area contributed by atoms with E-state index in [0.717, 1.165) is 12.1 Å². The lowest BCUT2D eigenvalue weighted by atomic mass is 9.83. The van der Waals surface area contributed by atoms with Gasteiger partial charge in [-0.15, -0.1) is 0 Å². The Kier molecular flexibility index (Phi) is 4.17. The van der Waals surface area contributed by atoms with E-state index < -0.39 is 33.8 Å². The zero-order valence-corrected chi connectivity index (χ0v) is 11.8. The van der Waals surface area contributed by atoms with Gasteiger partial charge in [0.05, 0.1) is 10.6 Å². The van der Waals surface area contributed by atoms with Crippen LogP contribution in [0.1, 0.15) is 16.7 Å². The van der Waals surface area contributed by atoms with Gasteiger partial charge in [-0.05, 0) is 11.6 Å². The lowest BCUT2D eigenvalue weighted by Crippen LogP contribution is -2.43. The molecule has 1 unspecified atom stereocenters. The third-order valence-corrected chi connectivity index (χ3v) is 3.55. The first-order chi connectivity index (χ1) is 10.2. The van der Waals surface area contributed by atoms with Crippen LogP contribution in [0.2, 0.25) is 5.02 Å². The molecule has 2 rings (SSSR count). The molecule has 0 spiro atoms. The highest BCUT2D eigenvalue weighted by Gasteiger charge is 2.46. The number of benzene rings is 2. The smallest absolute Gasteiger partial charge is 0.372 e. The molecule has 0 saturated carbocycles. The number of primary amides is 1. The molecular weight excluding hydrogens is 319 g/mol. The fourth-order valence-electron chi connectivity index (χ4n) is 2.22. The van der Waals surface area contributed by atoms with Gasteiger partial charge in [-0.3, -0.25) is 4.79 Å². The molecule has 0 fully saturated rings. The molecule has 0 heterocycles. The third kappa shape index (κ3) is 2.67. The summed E-state index contributed by atoms with van der Waals surface area (Å²) in [6, 6.07) is 10.4. The van der Waals surface area contributed by atoms with Gasteiger partial charge in [0.1, 0.15) is 0 Å². The highest BCUT2D eigenvalue weighted by molar-refractivity contribution is 6.31. The van der Waals surface area contributed by atoms with Crippen molar-refractivity contribution in [1.82, 2.24) is 0 Å². The third-order valence-electron chi connectivity index (χ3n) is 3.24. The van der Waals surface area contributed by atoms with Gasteiger partial charge in [0.2, 0.25) is 0 Å². The van der Waals surface area contributed by atoms with Crippen molar-refractivity contribution < 1.29 is 23.1 Å².